The molecule has 5 heteroatoms. The normalized spacial score (nSPS) is 10.2. The topological polar surface area (TPSA) is 67.8 Å². The molecule has 1 heterocycles. The second kappa shape index (κ2) is 7.45. The molecule has 0 saturated heterocycles. The number of hydrogen-bond donors (Lipinski definition) is 0. The molecule has 2 rings (SSSR count). The molecule has 0 spiro atoms. The van der Waals surface area contributed by atoms with E-state index in [0.717, 1.165) is 22.5 Å². The van der Waals surface area contributed by atoms with Gasteiger partial charge in [0.1, 0.15) is 0 Å². The van der Waals surface area contributed by atoms with E-state index in [1.165, 1.54) is 0 Å². The predicted molar refractivity (Wildman–Crippen MR) is 78.9 cm³/mol. The Morgan fingerprint density at radius 2 is 1.57 bits per heavy atom. The minimum atomic E-state index is 0.387. The lowest BCUT2D eigenvalue weighted by Crippen LogP contribution is -2.09. The molecule has 0 aliphatic heterocycles. The highest BCUT2D eigenvalue weighted by atomic mass is 16.5. The average molecular weight is 283 g/mol. The monoisotopic (exact) mass is 283 g/mol. The van der Waals surface area contributed by atoms with Gasteiger partial charge in [0.15, 0.2) is 0 Å². The number of rotatable bonds is 6. The molecule has 2 aromatic rings. The second-order valence-corrected chi connectivity index (χ2v) is 4.52. The molecule has 1 aromatic carbocycles. The van der Waals surface area contributed by atoms with E-state index in [4.69, 9.17) is 9.47 Å². The Morgan fingerprint density at radius 1 is 1.00 bits per heavy atom. The zero-order chi connectivity index (χ0) is 15.1. The van der Waals surface area contributed by atoms with E-state index in [1.54, 1.807) is 14.2 Å². The minimum absolute atomic E-state index is 0.387. The molecule has 0 fully saturated rings. The Kier molecular flexibility index (Phi) is 5.35. The molecule has 1 aromatic heterocycles. The van der Waals surface area contributed by atoms with Gasteiger partial charge >= 0.3 is 5.71 Å². The van der Waals surface area contributed by atoms with Gasteiger partial charge in [-0.25, -0.2) is 0 Å². The fraction of sp³-hybridized carbons (Fsp3) is 0.250. The molecule has 0 N–H and O–H groups in total. The van der Waals surface area contributed by atoms with Gasteiger partial charge in [0.2, 0.25) is 0 Å². The molecule has 0 radical (unpaired) electrons. The van der Waals surface area contributed by atoms with E-state index in [9.17, 15) is 5.53 Å². The first-order valence-corrected chi connectivity index (χ1v) is 6.54. The van der Waals surface area contributed by atoms with Gasteiger partial charge in [0, 0.05) is 14.2 Å². The summed E-state index contributed by atoms with van der Waals surface area (Å²) < 4.78 is 10.3. The van der Waals surface area contributed by atoms with E-state index < -0.39 is 0 Å². The van der Waals surface area contributed by atoms with Crippen molar-refractivity contribution in [2.75, 3.05) is 14.2 Å². The first kappa shape index (κ1) is 15.1. The summed E-state index contributed by atoms with van der Waals surface area (Å²) in [4.78, 5) is 7.87. The third-order valence-corrected chi connectivity index (χ3v) is 2.94. The quantitative estimate of drug-likeness (QED) is 0.464. The van der Waals surface area contributed by atoms with E-state index in [2.05, 4.69) is 9.77 Å². The van der Waals surface area contributed by atoms with Crippen molar-refractivity contribution in [3.8, 4) is 0 Å². The van der Waals surface area contributed by atoms with Crippen molar-refractivity contribution in [1.29, 1.82) is 0 Å². The van der Waals surface area contributed by atoms with E-state index in [1.807, 2.05) is 42.5 Å². The van der Waals surface area contributed by atoms with Gasteiger partial charge in [-0.2, -0.15) is 4.79 Å². The summed E-state index contributed by atoms with van der Waals surface area (Å²) in [7, 11) is 3.23. The minimum Gasteiger partial charge on any atom is -0.378 e. The molecular formula is C16H17N3O2. The smallest absolute Gasteiger partial charge is 0.329 e. The van der Waals surface area contributed by atoms with Crippen molar-refractivity contribution in [3.05, 3.63) is 70.5 Å². The highest BCUT2D eigenvalue weighted by Gasteiger charge is 2.17. The molecule has 0 saturated carbocycles. The highest BCUT2D eigenvalue weighted by Crippen LogP contribution is 2.13. The summed E-state index contributed by atoms with van der Waals surface area (Å²) in [5.41, 5.74) is 13.0. The van der Waals surface area contributed by atoms with Crippen LogP contribution in [0.25, 0.3) is 5.53 Å². The second-order valence-electron chi connectivity index (χ2n) is 4.52. The van der Waals surface area contributed by atoms with Crippen LogP contribution >= 0.6 is 0 Å². The van der Waals surface area contributed by atoms with Gasteiger partial charge in [-0.15, -0.1) is 0 Å². The predicted octanol–water partition coefficient (Wildman–Crippen LogP) is 2.44. The summed E-state index contributed by atoms with van der Waals surface area (Å²) in [6, 6.07) is 13.2. The Hall–Kier alpha value is -2.33. The van der Waals surface area contributed by atoms with Crippen LogP contribution in [0.4, 0.5) is 0 Å². The van der Waals surface area contributed by atoms with Crippen LogP contribution in [0, 0.1) is 0 Å². The van der Waals surface area contributed by atoms with Gasteiger partial charge < -0.3 is 15.0 Å². The van der Waals surface area contributed by atoms with Crippen LogP contribution in [0.15, 0.2) is 42.5 Å². The van der Waals surface area contributed by atoms with Gasteiger partial charge in [-0.3, -0.25) is 4.98 Å². The van der Waals surface area contributed by atoms with Crippen LogP contribution in [-0.2, 0) is 22.7 Å². The fourth-order valence-corrected chi connectivity index (χ4v) is 2.11. The summed E-state index contributed by atoms with van der Waals surface area (Å²) in [5.74, 6) is 0. The van der Waals surface area contributed by atoms with Crippen molar-refractivity contribution in [1.82, 2.24) is 4.98 Å². The molecule has 0 unspecified atom stereocenters. The standard InChI is InChI=1S/C16H17N3O2/c1-20-10-14-8-13(9-15(18-14)11-21-2)16(19-17)12-6-4-3-5-7-12/h3-9H,10-11H2,1-2H3. The Labute approximate surface area is 123 Å². The summed E-state index contributed by atoms with van der Waals surface area (Å²) >= 11 is 0. The summed E-state index contributed by atoms with van der Waals surface area (Å²) in [6.07, 6.45) is 0. The Bertz CT molecular complexity index is 626. The van der Waals surface area contributed by atoms with Crippen LogP contribution < -0.4 is 0 Å². The highest BCUT2D eigenvalue weighted by molar-refractivity contribution is 6.09. The van der Waals surface area contributed by atoms with Crippen LogP contribution in [-0.4, -0.2) is 29.7 Å². The molecule has 5 nitrogen and oxygen atoms in total. The number of ether oxygens (including phenoxy) is 2. The van der Waals surface area contributed by atoms with Crippen LogP contribution in [0.5, 0.6) is 0 Å². The van der Waals surface area contributed by atoms with Crippen molar-refractivity contribution < 1.29 is 14.3 Å². The van der Waals surface area contributed by atoms with Crippen LogP contribution in [0.3, 0.4) is 0 Å². The maximum absolute atomic E-state index is 9.38. The van der Waals surface area contributed by atoms with E-state index in [-0.39, 0.29) is 0 Å². The number of hydrogen-bond acceptors (Lipinski definition) is 3. The number of methoxy groups -OCH3 is 2. The zero-order valence-electron chi connectivity index (χ0n) is 12.1. The van der Waals surface area contributed by atoms with Crippen molar-refractivity contribution in [2.45, 2.75) is 13.2 Å². The molecule has 0 bridgehead atoms. The first-order valence-electron chi connectivity index (χ1n) is 6.54. The maximum atomic E-state index is 9.38. The Morgan fingerprint density at radius 3 is 2.05 bits per heavy atom. The first-order chi connectivity index (χ1) is 10.3. The Balaban J connectivity index is 2.48. The van der Waals surface area contributed by atoms with Crippen LogP contribution in [0.1, 0.15) is 22.5 Å². The summed E-state index contributed by atoms with van der Waals surface area (Å²) in [5, 5.41) is 0. The van der Waals surface area contributed by atoms with E-state index >= 15 is 0 Å². The zero-order valence-corrected chi connectivity index (χ0v) is 12.1. The lowest BCUT2D eigenvalue weighted by atomic mass is 10.0. The molecule has 0 amide bonds. The molecule has 0 aliphatic rings. The van der Waals surface area contributed by atoms with E-state index in [0.29, 0.717) is 18.9 Å². The molecular weight excluding hydrogens is 266 g/mol. The average Bonchev–Trinajstić information content (AvgIpc) is 2.50. The van der Waals surface area contributed by atoms with Gasteiger partial charge in [-0.05, 0) is 24.3 Å². The molecule has 0 atom stereocenters. The number of pyridine rings is 1. The van der Waals surface area contributed by atoms with Gasteiger partial charge in [0.05, 0.1) is 35.7 Å². The van der Waals surface area contributed by atoms with Gasteiger partial charge in [0.25, 0.3) is 0 Å². The number of benzene rings is 1. The molecule has 21 heavy (non-hydrogen) atoms. The van der Waals surface area contributed by atoms with Crippen LogP contribution in [0.2, 0.25) is 0 Å². The lowest BCUT2D eigenvalue weighted by molar-refractivity contribution is -0.00283. The SMILES string of the molecule is COCc1cc(C(=[N+]=[N-])c2ccccc2)cc(COC)n1. The maximum Gasteiger partial charge on any atom is 0.329 e. The van der Waals surface area contributed by atoms with Gasteiger partial charge in [-0.1, -0.05) is 18.2 Å². The number of aromatic nitrogens is 1. The van der Waals surface area contributed by atoms with Crippen molar-refractivity contribution >= 4 is 5.71 Å². The largest absolute Gasteiger partial charge is 0.378 e. The molecule has 0 aliphatic carbocycles. The van der Waals surface area contributed by atoms with Crippen molar-refractivity contribution in [3.63, 3.8) is 0 Å². The van der Waals surface area contributed by atoms with Crippen molar-refractivity contribution in [2.24, 2.45) is 0 Å². The third-order valence-electron chi connectivity index (χ3n) is 2.94. The fourth-order valence-electron chi connectivity index (χ4n) is 2.11. The molecule has 108 valence electrons. The number of nitrogens with zero attached hydrogens (tertiary/aromatic N) is 3. The third kappa shape index (κ3) is 3.83. The summed E-state index contributed by atoms with van der Waals surface area (Å²) in [6.45, 7) is 0.774. The lowest BCUT2D eigenvalue weighted by Gasteiger charge is -2.06.